The summed E-state index contributed by atoms with van der Waals surface area (Å²) in [5.41, 5.74) is 0. The number of carbonyl (C=O) groups is 1. The third-order valence-electron chi connectivity index (χ3n) is 3.03. The van der Waals surface area contributed by atoms with Gasteiger partial charge >= 0.3 is 0 Å². The summed E-state index contributed by atoms with van der Waals surface area (Å²) in [5, 5.41) is 0. The summed E-state index contributed by atoms with van der Waals surface area (Å²) in [4.78, 5) is 12.9. The average molecular weight is 183 g/mol. The predicted molar refractivity (Wildman–Crippen MR) is 54.6 cm³/mol. The van der Waals surface area contributed by atoms with E-state index in [0.29, 0.717) is 0 Å². The Bertz CT molecular complexity index is 167. The SMILES string of the molecule is CC(C=O)CN1CCC(C(C)C)C1. The van der Waals surface area contributed by atoms with Gasteiger partial charge in [-0.25, -0.2) is 0 Å². The molecule has 1 rings (SSSR count). The van der Waals surface area contributed by atoms with Crippen molar-refractivity contribution in [1.82, 2.24) is 4.90 Å². The quantitative estimate of drug-likeness (QED) is 0.619. The monoisotopic (exact) mass is 183 g/mol. The number of rotatable bonds is 4. The lowest BCUT2D eigenvalue weighted by atomic mass is 9.95. The summed E-state index contributed by atoms with van der Waals surface area (Å²) in [6, 6.07) is 0. The third-order valence-corrected chi connectivity index (χ3v) is 3.03. The van der Waals surface area contributed by atoms with Crippen molar-refractivity contribution < 1.29 is 4.79 Å². The molecule has 1 aliphatic heterocycles. The van der Waals surface area contributed by atoms with Crippen molar-refractivity contribution in [3.8, 4) is 0 Å². The number of nitrogens with zero attached hydrogens (tertiary/aromatic N) is 1. The Morgan fingerprint density at radius 1 is 1.46 bits per heavy atom. The molecule has 0 aromatic carbocycles. The second kappa shape index (κ2) is 4.75. The molecular weight excluding hydrogens is 162 g/mol. The van der Waals surface area contributed by atoms with E-state index in [0.717, 1.165) is 24.7 Å². The summed E-state index contributed by atoms with van der Waals surface area (Å²) < 4.78 is 0. The van der Waals surface area contributed by atoms with Gasteiger partial charge in [0.1, 0.15) is 6.29 Å². The number of hydrogen-bond donors (Lipinski definition) is 0. The van der Waals surface area contributed by atoms with Gasteiger partial charge in [-0.05, 0) is 24.8 Å². The Morgan fingerprint density at radius 3 is 2.62 bits per heavy atom. The molecule has 2 heteroatoms. The largest absolute Gasteiger partial charge is 0.303 e. The van der Waals surface area contributed by atoms with Gasteiger partial charge in [0.2, 0.25) is 0 Å². The Labute approximate surface area is 81.3 Å². The van der Waals surface area contributed by atoms with Gasteiger partial charge in [-0.2, -0.15) is 0 Å². The van der Waals surface area contributed by atoms with Crippen molar-refractivity contribution in [2.24, 2.45) is 17.8 Å². The van der Waals surface area contributed by atoms with Gasteiger partial charge in [0.05, 0.1) is 0 Å². The minimum absolute atomic E-state index is 0.200. The molecule has 2 atom stereocenters. The van der Waals surface area contributed by atoms with Crippen LogP contribution in [-0.4, -0.2) is 30.8 Å². The fourth-order valence-electron chi connectivity index (χ4n) is 2.02. The van der Waals surface area contributed by atoms with Gasteiger partial charge in [0, 0.05) is 19.0 Å². The molecule has 0 bridgehead atoms. The zero-order chi connectivity index (χ0) is 9.84. The van der Waals surface area contributed by atoms with E-state index in [1.165, 1.54) is 19.5 Å². The van der Waals surface area contributed by atoms with Gasteiger partial charge in [0.25, 0.3) is 0 Å². The van der Waals surface area contributed by atoms with Crippen molar-refractivity contribution in [2.75, 3.05) is 19.6 Å². The first-order chi connectivity index (χ1) is 6.13. The van der Waals surface area contributed by atoms with Crippen LogP contribution < -0.4 is 0 Å². The van der Waals surface area contributed by atoms with Gasteiger partial charge in [-0.1, -0.05) is 20.8 Å². The molecule has 1 aliphatic rings. The lowest BCUT2D eigenvalue weighted by Gasteiger charge is -2.18. The van der Waals surface area contributed by atoms with Crippen LogP contribution in [0, 0.1) is 17.8 Å². The molecule has 0 N–H and O–H groups in total. The van der Waals surface area contributed by atoms with Crippen LogP contribution in [0.5, 0.6) is 0 Å². The molecule has 0 spiro atoms. The van der Waals surface area contributed by atoms with Crippen molar-refractivity contribution >= 4 is 6.29 Å². The average Bonchev–Trinajstić information content (AvgIpc) is 2.52. The molecule has 0 aromatic rings. The molecule has 76 valence electrons. The molecule has 1 saturated heterocycles. The second-order valence-electron chi connectivity index (χ2n) is 4.67. The molecule has 0 amide bonds. The molecular formula is C11H21NO. The predicted octanol–water partition coefficient (Wildman–Crippen LogP) is 1.80. The summed E-state index contributed by atoms with van der Waals surface area (Å²) in [5.74, 6) is 1.83. The lowest BCUT2D eigenvalue weighted by Crippen LogP contribution is -2.27. The van der Waals surface area contributed by atoms with Gasteiger partial charge in [-0.15, -0.1) is 0 Å². The highest BCUT2D eigenvalue weighted by Crippen LogP contribution is 2.23. The zero-order valence-corrected chi connectivity index (χ0v) is 8.99. The van der Waals surface area contributed by atoms with Crippen LogP contribution in [0.4, 0.5) is 0 Å². The minimum atomic E-state index is 0.200. The van der Waals surface area contributed by atoms with Crippen LogP contribution in [0.1, 0.15) is 27.2 Å². The standard InChI is InChI=1S/C11H21NO/c1-9(2)11-4-5-12(7-11)6-10(3)8-13/h8-11H,4-7H2,1-3H3. The molecule has 1 fully saturated rings. The molecule has 2 unspecified atom stereocenters. The minimum Gasteiger partial charge on any atom is -0.303 e. The summed E-state index contributed by atoms with van der Waals surface area (Å²) in [7, 11) is 0. The summed E-state index contributed by atoms with van der Waals surface area (Å²) in [6.07, 6.45) is 2.37. The number of likely N-dealkylation sites (tertiary alicyclic amines) is 1. The highest BCUT2D eigenvalue weighted by Gasteiger charge is 2.25. The van der Waals surface area contributed by atoms with Crippen LogP contribution in [-0.2, 0) is 4.79 Å². The Morgan fingerprint density at radius 2 is 2.15 bits per heavy atom. The molecule has 0 radical (unpaired) electrons. The number of hydrogen-bond acceptors (Lipinski definition) is 2. The summed E-state index contributed by atoms with van der Waals surface area (Å²) in [6.45, 7) is 9.90. The van der Waals surface area contributed by atoms with E-state index in [4.69, 9.17) is 0 Å². The van der Waals surface area contributed by atoms with Gasteiger partial charge in [0.15, 0.2) is 0 Å². The van der Waals surface area contributed by atoms with E-state index >= 15 is 0 Å². The van der Waals surface area contributed by atoms with Crippen molar-refractivity contribution in [2.45, 2.75) is 27.2 Å². The van der Waals surface area contributed by atoms with Gasteiger partial charge in [-0.3, -0.25) is 0 Å². The van der Waals surface area contributed by atoms with E-state index in [9.17, 15) is 4.79 Å². The van der Waals surface area contributed by atoms with Crippen molar-refractivity contribution in [3.05, 3.63) is 0 Å². The maximum absolute atomic E-state index is 10.5. The molecule has 0 aliphatic carbocycles. The number of aldehydes is 1. The van der Waals surface area contributed by atoms with Crippen molar-refractivity contribution in [1.29, 1.82) is 0 Å². The van der Waals surface area contributed by atoms with E-state index in [-0.39, 0.29) is 5.92 Å². The molecule has 0 aromatic heterocycles. The van der Waals surface area contributed by atoms with E-state index in [2.05, 4.69) is 18.7 Å². The maximum Gasteiger partial charge on any atom is 0.124 e. The van der Waals surface area contributed by atoms with E-state index in [1.807, 2.05) is 6.92 Å². The van der Waals surface area contributed by atoms with Crippen LogP contribution >= 0.6 is 0 Å². The zero-order valence-electron chi connectivity index (χ0n) is 8.99. The first-order valence-corrected chi connectivity index (χ1v) is 5.31. The van der Waals surface area contributed by atoms with Crippen LogP contribution in [0.2, 0.25) is 0 Å². The first kappa shape index (κ1) is 10.7. The topological polar surface area (TPSA) is 20.3 Å². The van der Waals surface area contributed by atoms with Crippen LogP contribution in [0.15, 0.2) is 0 Å². The molecule has 0 saturated carbocycles. The smallest absolute Gasteiger partial charge is 0.124 e. The highest BCUT2D eigenvalue weighted by molar-refractivity contribution is 5.53. The van der Waals surface area contributed by atoms with Crippen LogP contribution in [0.3, 0.4) is 0 Å². The van der Waals surface area contributed by atoms with Gasteiger partial charge < -0.3 is 9.69 Å². The Kier molecular flexibility index (Phi) is 3.91. The Balaban J connectivity index is 2.28. The molecule has 2 nitrogen and oxygen atoms in total. The maximum atomic E-state index is 10.5. The van der Waals surface area contributed by atoms with Crippen molar-refractivity contribution in [3.63, 3.8) is 0 Å². The third kappa shape index (κ3) is 3.11. The fourth-order valence-corrected chi connectivity index (χ4v) is 2.02. The normalized spacial score (nSPS) is 26.6. The highest BCUT2D eigenvalue weighted by atomic mass is 16.1. The fraction of sp³-hybridized carbons (Fsp3) is 0.909. The molecule has 13 heavy (non-hydrogen) atoms. The van der Waals surface area contributed by atoms with E-state index in [1.54, 1.807) is 0 Å². The first-order valence-electron chi connectivity index (χ1n) is 5.31. The molecule has 1 heterocycles. The lowest BCUT2D eigenvalue weighted by molar-refractivity contribution is -0.111. The Hall–Kier alpha value is -0.370. The number of carbonyl (C=O) groups excluding carboxylic acids is 1. The summed E-state index contributed by atoms with van der Waals surface area (Å²) >= 11 is 0. The van der Waals surface area contributed by atoms with E-state index < -0.39 is 0 Å². The van der Waals surface area contributed by atoms with Crippen LogP contribution in [0.25, 0.3) is 0 Å². The second-order valence-corrected chi connectivity index (χ2v) is 4.67.